The molecular formula is C24H21ClN4O5. The van der Waals surface area contributed by atoms with Gasteiger partial charge in [0.2, 0.25) is 0 Å². The molecule has 0 unspecified atom stereocenters. The van der Waals surface area contributed by atoms with Crippen LogP contribution in [0.25, 0.3) is 0 Å². The molecule has 1 aliphatic heterocycles. The molecule has 0 bridgehead atoms. The molecule has 3 aromatic rings. The van der Waals surface area contributed by atoms with Gasteiger partial charge < -0.3 is 20.3 Å². The summed E-state index contributed by atoms with van der Waals surface area (Å²) in [6, 6.07) is 17.3. The average molecular weight is 481 g/mol. The number of amides is 2. The van der Waals surface area contributed by atoms with Crippen molar-refractivity contribution in [2.24, 2.45) is 0 Å². The van der Waals surface area contributed by atoms with Gasteiger partial charge in [0, 0.05) is 35.8 Å². The summed E-state index contributed by atoms with van der Waals surface area (Å²) >= 11 is 5.89. The summed E-state index contributed by atoms with van der Waals surface area (Å²) in [6.07, 6.45) is 0. The first-order valence-electron chi connectivity index (χ1n) is 10.5. The SMILES string of the molecule is O=C(Nc1ccccc1NC(=O)c1cc([N+](=O)[O-])ccc1N1CCOCC1)c1ccc(Cl)cc1. The zero-order chi connectivity index (χ0) is 24.1. The number of hydrogen-bond acceptors (Lipinski definition) is 6. The van der Waals surface area contributed by atoms with Crippen molar-refractivity contribution in [1.29, 1.82) is 0 Å². The fourth-order valence-electron chi connectivity index (χ4n) is 3.59. The molecule has 1 aliphatic rings. The van der Waals surface area contributed by atoms with E-state index in [2.05, 4.69) is 10.6 Å². The predicted octanol–water partition coefficient (Wildman–Crippen LogP) is 4.59. The topological polar surface area (TPSA) is 114 Å². The molecule has 174 valence electrons. The number of nitrogens with zero attached hydrogens (tertiary/aromatic N) is 2. The summed E-state index contributed by atoms with van der Waals surface area (Å²) in [5.74, 6) is -0.902. The third-order valence-electron chi connectivity index (χ3n) is 5.32. The fraction of sp³-hybridized carbons (Fsp3) is 0.167. The van der Waals surface area contributed by atoms with E-state index in [0.717, 1.165) is 0 Å². The lowest BCUT2D eigenvalue weighted by Crippen LogP contribution is -2.37. The van der Waals surface area contributed by atoms with E-state index >= 15 is 0 Å². The van der Waals surface area contributed by atoms with Gasteiger partial charge in [-0.1, -0.05) is 23.7 Å². The number of carbonyl (C=O) groups is 2. The van der Waals surface area contributed by atoms with Gasteiger partial charge in [0.15, 0.2) is 0 Å². The summed E-state index contributed by atoms with van der Waals surface area (Å²) in [6.45, 7) is 2.12. The van der Waals surface area contributed by atoms with E-state index in [9.17, 15) is 19.7 Å². The van der Waals surface area contributed by atoms with Gasteiger partial charge in [-0.05, 0) is 42.5 Å². The molecule has 0 atom stereocenters. The number of benzene rings is 3. The van der Waals surface area contributed by atoms with Gasteiger partial charge in [0.25, 0.3) is 17.5 Å². The second-order valence-electron chi connectivity index (χ2n) is 7.52. The Morgan fingerprint density at radius 1 is 0.912 bits per heavy atom. The smallest absolute Gasteiger partial charge is 0.270 e. The molecule has 9 nitrogen and oxygen atoms in total. The first-order chi connectivity index (χ1) is 16.4. The van der Waals surface area contributed by atoms with Gasteiger partial charge in [-0.25, -0.2) is 0 Å². The highest BCUT2D eigenvalue weighted by atomic mass is 35.5. The Kier molecular flexibility index (Phi) is 7.05. The van der Waals surface area contributed by atoms with Crippen LogP contribution in [-0.2, 0) is 4.74 Å². The quantitative estimate of drug-likeness (QED) is 0.394. The molecule has 3 aromatic carbocycles. The molecule has 0 radical (unpaired) electrons. The summed E-state index contributed by atoms with van der Waals surface area (Å²) in [5.41, 5.74) is 1.69. The van der Waals surface area contributed by atoms with Crippen LogP contribution in [-0.4, -0.2) is 43.0 Å². The maximum Gasteiger partial charge on any atom is 0.270 e. The van der Waals surface area contributed by atoms with Gasteiger partial charge in [-0.2, -0.15) is 0 Å². The van der Waals surface area contributed by atoms with E-state index < -0.39 is 10.8 Å². The predicted molar refractivity (Wildman–Crippen MR) is 130 cm³/mol. The molecule has 1 saturated heterocycles. The van der Waals surface area contributed by atoms with Crippen LogP contribution in [0.5, 0.6) is 0 Å². The number of ether oxygens (including phenoxy) is 1. The van der Waals surface area contributed by atoms with Crippen LogP contribution < -0.4 is 15.5 Å². The van der Waals surface area contributed by atoms with Crippen LogP contribution >= 0.6 is 11.6 Å². The molecule has 1 fully saturated rings. The second kappa shape index (κ2) is 10.3. The molecule has 1 heterocycles. The van der Waals surface area contributed by atoms with E-state index in [0.29, 0.717) is 54.0 Å². The maximum atomic E-state index is 13.3. The van der Waals surface area contributed by atoms with Crippen molar-refractivity contribution in [2.75, 3.05) is 41.8 Å². The highest BCUT2D eigenvalue weighted by molar-refractivity contribution is 6.30. The van der Waals surface area contributed by atoms with Crippen molar-refractivity contribution in [2.45, 2.75) is 0 Å². The van der Waals surface area contributed by atoms with Gasteiger partial charge in [0.1, 0.15) is 0 Å². The summed E-state index contributed by atoms with van der Waals surface area (Å²) in [4.78, 5) is 38.7. The molecular weight excluding hydrogens is 460 g/mol. The van der Waals surface area contributed by atoms with Gasteiger partial charge in [0.05, 0.1) is 40.8 Å². The Labute approximate surface area is 200 Å². The van der Waals surface area contributed by atoms with E-state index in [4.69, 9.17) is 16.3 Å². The van der Waals surface area contributed by atoms with Crippen molar-refractivity contribution in [3.8, 4) is 0 Å². The number of nitro groups is 1. The number of non-ortho nitro benzene ring substituents is 1. The number of para-hydroxylation sites is 2. The molecule has 10 heteroatoms. The Morgan fingerprint density at radius 2 is 1.53 bits per heavy atom. The van der Waals surface area contributed by atoms with Crippen molar-refractivity contribution >= 4 is 46.2 Å². The number of morpholine rings is 1. The molecule has 34 heavy (non-hydrogen) atoms. The fourth-order valence-corrected chi connectivity index (χ4v) is 3.71. The van der Waals surface area contributed by atoms with Crippen molar-refractivity contribution in [3.63, 3.8) is 0 Å². The molecule has 0 spiro atoms. The molecule has 0 aromatic heterocycles. The minimum absolute atomic E-state index is 0.162. The van der Waals surface area contributed by atoms with Crippen molar-refractivity contribution in [1.82, 2.24) is 0 Å². The van der Waals surface area contributed by atoms with E-state index in [1.807, 2.05) is 4.90 Å². The summed E-state index contributed by atoms with van der Waals surface area (Å²) < 4.78 is 5.38. The Hall–Kier alpha value is -3.95. The normalized spacial score (nSPS) is 13.3. The highest BCUT2D eigenvalue weighted by Gasteiger charge is 2.23. The first kappa shape index (κ1) is 23.2. The summed E-state index contributed by atoms with van der Waals surface area (Å²) in [7, 11) is 0. The van der Waals surface area contributed by atoms with Crippen molar-refractivity contribution in [3.05, 3.63) is 93.0 Å². The molecule has 2 amide bonds. The monoisotopic (exact) mass is 480 g/mol. The average Bonchev–Trinajstić information content (AvgIpc) is 2.85. The lowest BCUT2D eigenvalue weighted by Gasteiger charge is -2.30. The third kappa shape index (κ3) is 5.33. The summed E-state index contributed by atoms with van der Waals surface area (Å²) in [5, 5.41) is 17.4. The number of anilines is 3. The van der Waals surface area contributed by atoms with Crippen LogP contribution in [0.1, 0.15) is 20.7 Å². The van der Waals surface area contributed by atoms with Crippen LogP contribution in [0.3, 0.4) is 0 Å². The van der Waals surface area contributed by atoms with Crippen molar-refractivity contribution < 1.29 is 19.2 Å². The van der Waals surface area contributed by atoms with E-state index in [-0.39, 0.29) is 17.2 Å². The minimum atomic E-state index is -0.542. The van der Waals surface area contributed by atoms with E-state index in [1.165, 1.54) is 12.1 Å². The van der Waals surface area contributed by atoms with Gasteiger partial charge in [-0.15, -0.1) is 0 Å². The minimum Gasteiger partial charge on any atom is -0.378 e. The third-order valence-corrected chi connectivity index (χ3v) is 5.57. The number of hydrogen-bond donors (Lipinski definition) is 2. The number of halogens is 1. The lowest BCUT2D eigenvalue weighted by atomic mass is 10.1. The van der Waals surface area contributed by atoms with Gasteiger partial charge >= 0.3 is 0 Å². The maximum absolute atomic E-state index is 13.3. The number of rotatable bonds is 6. The zero-order valence-electron chi connectivity index (χ0n) is 18.0. The first-order valence-corrected chi connectivity index (χ1v) is 10.9. The van der Waals surface area contributed by atoms with Crippen LogP contribution in [0, 0.1) is 10.1 Å². The lowest BCUT2D eigenvalue weighted by molar-refractivity contribution is -0.384. The Bertz CT molecular complexity index is 1230. The Balaban J connectivity index is 1.60. The largest absolute Gasteiger partial charge is 0.378 e. The highest BCUT2D eigenvalue weighted by Crippen LogP contribution is 2.29. The molecule has 2 N–H and O–H groups in total. The number of carbonyl (C=O) groups excluding carboxylic acids is 2. The van der Waals surface area contributed by atoms with E-state index in [1.54, 1.807) is 54.6 Å². The second-order valence-corrected chi connectivity index (χ2v) is 7.96. The molecule has 0 aliphatic carbocycles. The van der Waals surface area contributed by atoms with Crippen LogP contribution in [0.2, 0.25) is 5.02 Å². The Morgan fingerprint density at radius 3 is 2.15 bits per heavy atom. The van der Waals surface area contributed by atoms with Gasteiger partial charge in [-0.3, -0.25) is 19.7 Å². The number of nitro benzene ring substituents is 1. The molecule has 0 saturated carbocycles. The van der Waals surface area contributed by atoms with Crippen LogP contribution in [0.4, 0.5) is 22.7 Å². The number of nitrogens with one attached hydrogen (secondary N) is 2. The molecule has 4 rings (SSSR count). The zero-order valence-corrected chi connectivity index (χ0v) is 18.7. The standard InChI is InChI=1S/C24H21ClN4O5/c25-17-7-5-16(6-8-17)23(30)26-20-3-1-2-4-21(20)27-24(31)19-15-18(29(32)33)9-10-22(19)28-11-13-34-14-12-28/h1-10,15H,11-14H2,(H,26,30)(H,27,31). The van der Waals surface area contributed by atoms with Crippen LogP contribution in [0.15, 0.2) is 66.7 Å².